The van der Waals surface area contributed by atoms with Gasteiger partial charge in [-0.15, -0.1) is 0 Å². The van der Waals surface area contributed by atoms with E-state index >= 15 is 0 Å². The van der Waals surface area contributed by atoms with Gasteiger partial charge in [0, 0.05) is 39.0 Å². The van der Waals surface area contributed by atoms with E-state index < -0.39 is 17.8 Å². The normalized spacial score (nSPS) is 18.4. The zero-order chi connectivity index (χ0) is 27.8. The third kappa shape index (κ3) is 7.94. The summed E-state index contributed by atoms with van der Waals surface area (Å²) in [5, 5.41) is 7.01. The third-order valence-corrected chi connectivity index (χ3v) is 9.20. The summed E-state index contributed by atoms with van der Waals surface area (Å²) in [5.41, 5.74) is 1.35. The molecule has 0 unspecified atom stereocenters. The lowest BCUT2D eigenvalue weighted by atomic mass is 9.71. The molecule has 2 N–H and O–H groups in total. The highest BCUT2D eigenvalue weighted by Crippen LogP contribution is 2.38. The number of benzene rings is 2. The van der Waals surface area contributed by atoms with Crippen molar-refractivity contribution in [2.24, 2.45) is 11.8 Å². The van der Waals surface area contributed by atoms with Crippen molar-refractivity contribution < 1.29 is 14.4 Å². The van der Waals surface area contributed by atoms with E-state index in [1.165, 1.54) is 12.8 Å². The zero-order valence-corrected chi connectivity index (χ0v) is 25.1. The minimum Gasteiger partial charge on any atom is -0.353 e. The van der Waals surface area contributed by atoms with Crippen molar-refractivity contribution in [2.75, 3.05) is 0 Å². The second-order valence-corrected chi connectivity index (χ2v) is 12.5. The molecule has 5 nitrogen and oxygen atoms in total. The van der Waals surface area contributed by atoms with Crippen LogP contribution in [0.25, 0.3) is 0 Å². The minimum absolute atomic E-state index is 0.0637. The largest absolute Gasteiger partial charge is 0.353 e. The molecule has 0 bridgehead atoms. The number of rotatable bonds is 10. The monoisotopic (exact) mass is 614 g/mol. The fourth-order valence-corrected chi connectivity index (χ4v) is 6.68. The van der Waals surface area contributed by atoms with E-state index in [4.69, 9.17) is 11.6 Å². The van der Waals surface area contributed by atoms with E-state index in [0.717, 1.165) is 61.4 Å². The van der Waals surface area contributed by atoms with Crippen LogP contribution in [-0.4, -0.2) is 29.7 Å². The molecule has 2 aromatic rings. The van der Waals surface area contributed by atoms with Gasteiger partial charge >= 0.3 is 0 Å². The van der Waals surface area contributed by atoms with Gasteiger partial charge in [-0.1, -0.05) is 85.1 Å². The van der Waals surface area contributed by atoms with Gasteiger partial charge in [0.05, 0.1) is 0 Å². The maximum absolute atomic E-state index is 14.1. The van der Waals surface area contributed by atoms with Crippen molar-refractivity contribution in [3.8, 4) is 0 Å². The molecule has 2 aromatic carbocycles. The van der Waals surface area contributed by atoms with Gasteiger partial charge < -0.3 is 10.6 Å². The summed E-state index contributed by atoms with van der Waals surface area (Å²) >= 11 is 9.61. The van der Waals surface area contributed by atoms with Crippen LogP contribution in [0.5, 0.6) is 0 Å². The summed E-state index contributed by atoms with van der Waals surface area (Å²) in [5.74, 6) is -2.82. The predicted molar refractivity (Wildman–Crippen MR) is 160 cm³/mol. The predicted octanol–water partition coefficient (Wildman–Crippen LogP) is 7.61. The van der Waals surface area contributed by atoms with Crippen molar-refractivity contribution in [3.63, 3.8) is 0 Å². The topological polar surface area (TPSA) is 75.3 Å². The summed E-state index contributed by atoms with van der Waals surface area (Å²) in [6.07, 6.45) is 10.8. The van der Waals surface area contributed by atoms with E-state index in [1.54, 1.807) is 24.3 Å². The maximum atomic E-state index is 14.1. The molecule has 4 rings (SSSR count). The highest BCUT2D eigenvalue weighted by molar-refractivity contribution is 9.10. The lowest BCUT2D eigenvalue weighted by molar-refractivity contribution is -0.137. The first kappa shape index (κ1) is 29.8. The number of halogens is 2. The second-order valence-electron chi connectivity index (χ2n) is 11.1. The molecule has 0 aliphatic heterocycles. The Labute approximate surface area is 246 Å². The quantitative estimate of drug-likeness (QED) is 0.213. The molecule has 2 aliphatic rings. The molecule has 2 fully saturated rings. The van der Waals surface area contributed by atoms with Gasteiger partial charge in [-0.05, 0) is 74.1 Å². The van der Waals surface area contributed by atoms with Crippen LogP contribution in [-0.2, 0) is 9.59 Å². The Hall–Kier alpha value is -2.18. The van der Waals surface area contributed by atoms with Crippen molar-refractivity contribution in [3.05, 3.63) is 69.2 Å². The van der Waals surface area contributed by atoms with Gasteiger partial charge in [0.15, 0.2) is 5.78 Å². The van der Waals surface area contributed by atoms with Gasteiger partial charge in [-0.3, -0.25) is 14.4 Å². The second kappa shape index (κ2) is 14.5. The number of ketones is 1. The standard InChI is InChI=1S/C32H40BrClN2O3/c1-2-27(30(37)22-15-19-24(34)20-16-22)28(21-13-17-23(33)18-14-21)29(31(38)35-25-9-5-3-6-10-25)32(39)36-26-11-7-4-8-12-26/h13-20,25-29H,2-12H2,1H3,(H,35,38)(H,36,39)/t27-,28-/m0/s1. The Morgan fingerprint density at radius 2 is 1.28 bits per heavy atom. The van der Waals surface area contributed by atoms with Crippen LogP contribution >= 0.6 is 27.5 Å². The van der Waals surface area contributed by atoms with Crippen molar-refractivity contribution in [2.45, 2.75) is 95.6 Å². The lowest BCUT2D eigenvalue weighted by Crippen LogP contribution is -2.51. The van der Waals surface area contributed by atoms with E-state index in [0.29, 0.717) is 17.0 Å². The van der Waals surface area contributed by atoms with E-state index in [1.807, 2.05) is 31.2 Å². The highest BCUT2D eigenvalue weighted by atomic mass is 79.9. The van der Waals surface area contributed by atoms with Crippen LogP contribution in [0.2, 0.25) is 5.02 Å². The number of amides is 2. The minimum atomic E-state index is -1.02. The van der Waals surface area contributed by atoms with Crippen LogP contribution in [0.1, 0.15) is 99.4 Å². The Balaban J connectivity index is 1.74. The van der Waals surface area contributed by atoms with Crippen LogP contribution in [0.4, 0.5) is 0 Å². The first-order chi connectivity index (χ1) is 18.9. The highest BCUT2D eigenvalue weighted by Gasteiger charge is 2.43. The molecule has 2 saturated carbocycles. The molecule has 0 aromatic heterocycles. The SMILES string of the molecule is CC[C@H](C(=O)c1ccc(Cl)cc1)[C@H](c1ccc(Br)cc1)C(C(=O)NC1CCCCC1)C(=O)NC1CCCCC1. The lowest BCUT2D eigenvalue weighted by Gasteiger charge is -2.34. The molecule has 0 saturated heterocycles. The van der Waals surface area contributed by atoms with Gasteiger partial charge in [0.25, 0.3) is 0 Å². The Morgan fingerprint density at radius 1 is 0.795 bits per heavy atom. The molecule has 0 heterocycles. The molecule has 7 heteroatoms. The number of nitrogens with one attached hydrogen (secondary N) is 2. The zero-order valence-electron chi connectivity index (χ0n) is 22.8. The Kier molecular flexibility index (Phi) is 11.0. The van der Waals surface area contributed by atoms with Gasteiger partial charge in [0.2, 0.25) is 11.8 Å². The molecule has 39 heavy (non-hydrogen) atoms. The molecule has 210 valence electrons. The molecule has 2 amide bonds. The van der Waals surface area contributed by atoms with Crippen molar-refractivity contribution in [1.29, 1.82) is 0 Å². The summed E-state index contributed by atoms with van der Waals surface area (Å²) in [7, 11) is 0. The number of hydrogen-bond acceptors (Lipinski definition) is 3. The maximum Gasteiger partial charge on any atom is 0.233 e. The van der Waals surface area contributed by atoms with Crippen LogP contribution < -0.4 is 10.6 Å². The summed E-state index contributed by atoms with van der Waals surface area (Å²) in [6, 6.07) is 14.7. The Morgan fingerprint density at radius 3 is 1.74 bits per heavy atom. The van der Waals surface area contributed by atoms with Crippen molar-refractivity contribution in [1.82, 2.24) is 10.6 Å². The van der Waals surface area contributed by atoms with E-state index in [9.17, 15) is 14.4 Å². The van der Waals surface area contributed by atoms with Gasteiger partial charge in [-0.25, -0.2) is 0 Å². The molecule has 2 atom stereocenters. The fourth-order valence-electron chi connectivity index (χ4n) is 6.29. The number of hydrogen-bond donors (Lipinski definition) is 2. The van der Waals surface area contributed by atoms with E-state index in [2.05, 4.69) is 26.6 Å². The molecule has 2 aliphatic carbocycles. The third-order valence-electron chi connectivity index (χ3n) is 8.42. The van der Waals surface area contributed by atoms with Crippen molar-refractivity contribution >= 4 is 45.1 Å². The molecule has 0 radical (unpaired) electrons. The summed E-state index contributed by atoms with van der Waals surface area (Å²) in [6.45, 7) is 1.96. The smallest absolute Gasteiger partial charge is 0.233 e. The molecular formula is C32H40BrClN2O3. The average molecular weight is 616 g/mol. The van der Waals surface area contributed by atoms with Gasteiger partial charge in [0.1, 0.15) is 5.92 Å². The van der Waals surface area contributed by atoms with Crippen LogP contribution in [0.3, 0.4) is 0 Å². The number of Topliss-reactive ketones (excluding diaryl/α,β-unsaturated/α-hetero) is 1. The van der Waals surface area contributed by atoms with Crippen LogP contribution in [0.15, 0.2) is 53.0 Å². The Bertz CT molecular complexity index is 1080. The first-order valence-corrected chi connectivity index (χ1v) is 15.7. The van der Waals surface area contributed by atoms with E-state index in [-0.39, 0.29) is 29.7 Å². The summed E-state index contributed by atoms with van der Waals surface area (Å²) < 4.78 is 0.900. The summed E-state index contributed by atoms with van der Waals surface area (Å²) in [4.78, 5) is 42.2. The molecular weight excluding hydrogens is 576 g/mol. The number of carbonyl (C=O) groups is 3. The molecule has 0 spiro atoms. The first-order valence-electron chi connectivity index (χ1n) is 14.5. The number of carbonyl (C=O) groups excluding carboxylic acids is 3. The average Bonchev–Trinajstić information content (AvgIpc) is 2.94. The van der Waals surface area contributed by atoms with Crippen LogP contribution in [0, 0.1) is 11.8 Å². The van der Waals surface area contributed by atoms with Gasteiger partial charge in [-0.2, -0.15) is 0 Å². The fraction of sp³-hybridized carbons (Fsp3) is 0.531.